The van der Waals surface area contributed by atoms with Crippen molar-refractivity contribution in [1.29, 1.82) is 0 Å². The fourth-order valence-corrected chi connectivity index (χ4v) is 4.76. The summed E-state index contributed by atoms with van der Waals surface area (Å²) >= 11 is 1.39. The Morgan fingerprint density at radius 1 is 1.32 bits per heavy atom. The molecular formula is C21H22N4O5S. The summed E-state index contributed by atoms with van der Waals surface area (Å²) < 4.78 is 5.30. The number of benzene rings is 1. The number of amides is 5. The van der Waals surface area contributed by atoms with Crippen LogP contribution in [0, 0.1) is 6.92 Å². The molecule has 2 aliphatic heterocycles. The molecule has 0 saturated carbocycles. The quantitative estimate of drug-likeness (QED) is 0.614. The molecule has 10 heteroatoms. The number of nitrogens with one attached hydrogen (secondary N) is 3. The molecule has 1 atom stereocenters. The van der Waals surface area contributed by atoms with Crippen LogP contribution in [0.25, 0.3) is 0 Å². The van der Waals surface area contributed by atoms with Gasteiger partial charge in [0.2, 0.25) is 11.8 Å². The Morgan fingerprint density at radius 2 is 2.13 bits per heavy atom. The molecule has 1 aromatic heterocycles. The highest BCUT2D eigenvalue weighted by atomic mass is 32.1. The number of methoxy groups -OCH3 is 1. The van der Waals surface area contributed by atoms with E-state index in [1.165, 1.54) is 23.3 Å². The van der Waals surface area contributed by atoms with Crippen LogP contribution in [0.5, 0.6) is 5.75 Å². The Bertz CT molecular complexity index is 1080. The molecule has 162 valence electrons. The van der Waals surface area contributed by atoms with Crippen LogP contribution in [-0.2, 0) is 22.7 Å². The zero-order valence-electron chi connectivity index (χ0n) is 17.1. The number of urea groups is 1. The van der Waals surface area contributed by atoms with Crippen molar-refractivity contribution >= 4 is 40.8 Å². The first-order valence-corrected chi connectivity index (χ1v) is 10.7. The maximum Gasteiger partial charge on any atom is 0.319 e. The van der Waals surface area contributed by atoms with Gasteiger partial charge in [-0.2, -0.15) is 0 Å². The van der Waals surface area contributed by atoms with Gasteiger partial charge in [0, 0.05) is 23.2 Å². The second-order valence-corrected chi connectivity index (χ2v) is 8.43. The van der Waals surface area contributed by atoms with Crippen LogP contribution in [0.2, 0.25) is 0 Å². The van der Waals surface area contributed by atoms with Crippen LogP contribution >= 0.6 is 11.3 Å². The van der Waals surface area contributed by atoms with E-state index in [0.717, 1.165) is 16.0 Å². The second kappa shape index (κ2) is 8.38. The highest BCUT2D eigenvalue weighted by Gasteiger charge is 2.40. The number of ether oxygens (including phenoxy) is 1. The van der Waals surface area contributed by atoms with Gasteiger partial charge in [-0.3, -0.25) is 19.7 Å². The summed E-state index contributed by atoms with van der Waals surface area (Å²) in [4.78, 5) is 51.0. The van der Waals surface area contributed by atoms with Crippen molar-refractivity contribution in [2.24, 2.45) is 0 Å². The third kappa shape index (κ3) is 4.11. The molecule has 2 aromatic rings. The minimum atomic E-state index is -0.652. The number of rotatable bonds is 5. The first-order valence-electron chi connectivity index (χ1n) is 9.80. The summed E-state index contributed by atoms with van der Waals surface area (Å²) in [5.41, 5.74) is 2.93. The van der Waals surface area contributed by atoms with E-state index in [1.54, 1.807) is 11.4 Å². The van der Waals surface area contributed by atoms with Gasteiger partial charge in [-0.15, -0.1) is 11.3 Å². The zero-order chi connectivity index (χ0) is 22.1. The van der Waals surface area contributed by atoms with Crippen molar-refractivity contribution in [2.75, 3.05) is 12.4 Å². The maximum absolute atomic E-state index is 12.8. The van der Waals surface area contributed by atoms with E-state index in [-0.39, 0.29) is 31.3 Å². The van der Waals surface area contributed by atoms with Gasteiger partial charge >= 0.3 is 6.03 Å². The fraction of sp³-hybridized carbons (Fsp3) is 0.333. The van der Waals surface area contributed by atoms with Crippen molar-refractivity contribution in [2.45, 2.75) is 38.9 Å². The Balaban J connectivity index is 1.40. The molecule has 0 spiro atoms. The molecule has 3 heterocycles. The molecule has 4 rings (SSSR count). The van der Waals surface area contributed by atoms with Gasteiger partial charge < -0.3 is 20.3 Å². The van der Waals surface area contributed by atoms with E-state index in [2.05, 4.69) is 16.0 Å². The molecule has 5 amide bonds. The summed E-state index contributed by atoms with van der Waals surface area (Å²) in [6, 6.07) is 4.43. The molecule has 2 aliphatic rings. The molecule has 1 unspecified atom stereocenters. The van der Waals surface area contributed by atoms with Crippen molar-refractivity contribution < 1.29 is 23.9 Å². The van der Waals surface area contributed by atoms with Gasteiger partial charge in [0.15, 0.2) is 0 Å². The summed E-state index contributed by atoms with van der Waals surface area (Å²) in [5.74, 6) is -0.411. The Morgan fingerprint density at radius 3 is 2.87 bits per heavy atom. The Kier molecular flexibility index (Phi) is 5.64. The van der Waals surface area contributed by atoms with Crippen molar-refractivity contribution in [3.63, 3.8) is 0 Å². The Hall–Kier alpha value is -3.40. The smallest absolute Gasteiger partial charge is 0.319 e. The highest BCUT2D eigenvalue weighted by Crippen LogP contribution is 2.33. The number of piperidine rings is 1. The molecule has 31 heavy (non-hydrogen) atoms. The van der Waals surface area contributed by atoms with Crippen molar-refractivity contribution in [3.05, 3.63) is 45.1 Å². The van der Waals surface area contributed by atoms with Crippen LogP contribution in [0.1, 0.15) is 39.2 Å². The standard InChI is InChI=1S/C21H22N4O5S/c1-11-3-4-14(16(7-11)30-2)23-21(29)22-8-17-12-9-25(20(28)13(12)10-31-17)15-5-6-18(26)24-19(15)27/h3-4,7,10,15H,5-6,8-9H2,1-2H3,(H2,22,23,29)(H,24,26,27). The van der Waals surface area contributed by atoms with E-state index >= 15 is 0 Å². The molecule has 9 nitrogen and oxygen atoms in total. The summed E-state index contributed by atoms with van der Waals surface area (Å²) in [5, 5.41) is 9.61. The lowest BCUT2D eigenvalue weighted by molar-refractivity contribution is -0.136. The third-order valence-corrected chi connectivity index (χ3v) is 6.43. The average molecular weight is 442 g/mol. The lowest BCUT2D eigenvalue weighted by Gasteiger charge is -2.29. The minimum Gasteiger partial charge on any atom is -0.495 e. The number of nitrogens with zero attached hydrogens (tertiary/aromatic N) is 1. The van der Waals surface area contributed by atoms with Crippen molar-refractivity contribution in [1.82, 2.24) is 15.5 Å². The van der Waals surface area contributed by atoms with Crippen LogP contribution in [0.4, 0.5) is 10.5 Å². The number of carbonyl (C=O) groups is 4. The van der Waals surface area contributed by atoms with Crippen molar-refractivity contribution in [3.8, 4) is 5.75 Å². The number of anilines is 1. The van der Waals surface area contributed by atoms with Gasteiger partial charge in [0.05, 0.1) is 24.9 Å². The van der Waals surface area contributed by atoms with E-state index in [1.807, 2.05) is 19.1 Å². The minimum absolute atomic E-state index is 0.212. The number of fused-ring (bicyclic) bond motifs is 1. The van der Waals surface area contributed by atoms with Gasteiger partial charge in [0.25, 0.3) is 5.91 Å². The highest BCUT2D eigenvalue weighted by molar-refractivity contribution is 7.10. The average Bonchev–Trinajstić information content (AvgIpc) is 3.28. The molecule has 3 N–H and O–H groups in total. The van der Waals surface area contributed by atoms with Gasteiger partial charge in [0.1, 0.15) is 11.8 Å². The van der Waals surface area contributed by atoms with Crippen LogP contribution in [0.15, 0.2) is 23.6 Å². The molecule has 1 fully saturated rings. The molecule has 1 saturated heterocycles. The van der Waals surface area contributed by atoms with E-state index in [4.69, 9.17) is 4.74 Å². The number of aryl methyl sites for hydroxylation is 1. The largest absolute Gasteiger partial charge is 0.495 e. The van der Waals surface area contributed by atoms with E-state index < -0.39 is 18.0 Å². The number of hydrogen-bond acceptors (Lipinski definition) is 6. The number of hydrogen-bond donors (Lipinski definition) is 3. The van der Waals surface area contributed by atoms with Gasteiger partial charge in [-0.1, -0.05) is 6.07 Å². The number of thiophene rings is 1. The molecule has 0 aliphatic carbocycles. The topological polar surface area (TPSA) is 117 Å². The molecule has 0 bridgehead atoms. The number of carbonyl (C=O) groups excluding carboxylic acids is 4. The van der Waals surface area contributed by atoms with Crippen LogP contribution in [-0.4, -0.2) is 41.8 Å². The lowest BCUT2D eigenvalue weighted by Crippen LogP contribution is -2.52. The normalized spacial score (nSPS) is 17.9. The summed E-state index contributed by atoms with van der Waals surface area (Å²) in [6.45, 7) is 2.47. The van der Waals surface area contributed by atoms with Crippen LogP contribution in [0.3, 0.4) is 0 Å². The fourth-order valence-electron chi connectivity index (χ4n) is 3.78. The monoisotopic (exact) mass is 442 g/mol. The lowest BCUT2D eigenvalue weighted by atomic mass is 10.0. The van der Waals surface area contributed by atoms with E-state index in [9.17, 15) is 19.2 Å². The Labute approximate surface area is 182 Å². The van der Waals surface area contributed by atoms with E-state index in [0.29, 0.717) is 23.4 Å². The molecule has 0 radical (unpaired) electrons. The van der Waals surface area contributed by atoms with Gasteiger partial charge in [-0.25, -0.2) is 4.79 Å². The predicted octanol–water partition coefficient (Wildman–Crippen LogP) is 2.15. The summed E-state index contributed by atoms with van der Waals surface area (Å²) in [6.07, 6.45) is 0.530. The zero-order valence-corrected chi connectivity index (χ0v) is 17.9. The van der Waals surface area contributed by atoms with Crippen LogP contribution < -0.4 is 20.7 Å². The summed E-state index contributed by atoms with van der Waals surface area (Å²) in [7, 11) is 1.54. The number of imide groups is 1. The first-order chi connectivity index (χ1) is 14.9. The second-order valence-electron chi connectivity index (χ2n) is 7.46. The SMILES string of the molecule is COc1cc(C)ccc1NC(=O)NCc1scc2c1CN(C1CCC(=O)NC1=O)C2=O. The third-order valence-electron chi connectivity index (χ3n) is 5.40. The predicted molar refractivity (Wildman–Crippen MR) is 114 cm³/mol. The van der Waals surface area contributed by atoms with Gasteiger partial charge in [-0.05, 0) is 36.6 Å². The molecular weight excluding hydrogens is 420 g/mol. The molecule has 1 aromatic carbocycles. The maximum atomic E-state index is 12.8. The first kappa shape index (κ1) is 20.9.